The van der Waals surface area contributed by atoms with Gasteiger partial charge in [-0.05, 0) is 36.2 Å². The van der Waals surface area contributed by atoms with E-state index >= 15 is 0 Å². The molecule has 28 heavy (non-hydrogen) atoms. The lowest BCUT2D eigenvalue weighted by Crippen LogP contribution is -2.47. The third-order valence-corrected chi connectivity index (χ3v) is 5.23. The molecule has 0 radical (unpaired) electrons. The average Bonchev–Trinajstić information content (AvgIpc) is 2.77. The standard InChI is InChI=1S/C22H30N2O4/c1-25-19-7-5-6-18(16-19)24-12-10-23(11-13-24)9-8-17-14-20(26-2)22(28-4)21(15-17)27-3/h5-7,14-16H,8-13H2,1-4H3. The van der Waals surface area contributed by atoms with Crippen LogP contribution in [0.2, 0.25) is 0 Å². The third kappa shape index (κ3) is 4.62. The molecular formula is C22H30N2O4. The molecule has 0 spiro atoms. The van der Waals surface area contributed by atoms with Crippen molar-refractivity contribution in [2.75, 3.05) is 66.1 Å². The Labute approximate surface area is 167 Å². The molecule has 0 saturated carbocycles. The van der Waals surface area contributed by atoms with Crippen LogP contribution in [0, 0.1) is 0 Å². The number of rotatable bonds is 8. The molecule has 0 atom stereocenters. The van der Waals surface area contributed by atoms with E-state index in [1.54, 1.807) is 28.4 Å². The van der Waals surface area contributed by atoms with Crippen molar-refractivity contribution in [3.8, 4) is 23.0 Å². The van der Waals surface area contributed by atoms with Crippen LogP contribution in [0.5, 0.6) is 23.0 Å². The molecule has 2 aromatic rings. The van der Waals surface area contributed by atoms with E-state index in [0.717, 1.165) is 44.9 Å². The molecule has 6 heteroatoms. The summed E-state index contributed by atoms with van der Waals surface area (Å²) in [6.45, 7) is 5.12. The van der Waals surface area contributed by atoms with E-state index in [1.807, 2.05) is 24.3 Å². The first kappa shape index (κ1) is 20.1. The lowest BCUT2D eigenvalue weighted by molar-refractivity contribution is 0.260. The summed E-state index contributed by atoms with van der Waals surface area (Å²) in [4.78, 5) is 4.91. The molecule has 0 bridgehead atoms. The van der Waals surface area contributed by atoms with Crippen LogP contribution in [0.1, 0.15) is 5.56 Å². The Morgan fingerprint density at radius 2 is 1.46 bits per heavy atom. The number of methoxy groups -OCH3 is 4. The van der Waals surface area contributed by atoms with Crippen molar-refractivity contribution in [2.24, 2.45) is 0 Å². The molecular weight excluding hydrogens is 356 g/mol. The Kier molecular flexibility index (Phi) is 6.87. The van der Waals surface area contributed by atoms with E-state index in [1.165, 1.54) is 11.3 Å². The van der Waals surface area contributed by atoms with Crippen molar-refractivity contribution in [3.05, 3.63) is 42.0 Å². The van der Waals surface area contributed by atoms with E-state index < -0.39 is 0 Å². The van der Waals surface area contributed by atoms with Gasteiger partial charge in [0, 0.05) is 44.5 Å². The van der Waals surface area contributed by atoms with Crippen LogP contribution in [-0.4, -0.2) is 66.1 Å². The summed E-state index contributed by atoms with van der Waals surface area (Å²) in [5.41, 5.74) is 2.41. The highest BCUT2D eigenvalue weighted by Crippen LogP contribution is 2.38. The smallest absolute Gasteiger partial charge is 0.203 e. The van der Waals surface area contributed by atoms with Crippen LogP contribution in [-0.2, 0) is 6.42 Å². The SMILES string of the molecule is COc1cccc(N2CCN(CCc3cc(OC)c(OC)c(OC)c3)CC2)c1. The Morgan fingerprint density at radius 3 is 2.04 bits per heavy atom. The van der Waals surface area contributed by atoms with Crippen LogP contribution >= 0.6 is 0 Å². The van der Waals surface area contributed by atoms with Crippen molar-refractivity contribution >= 4 is 5.69 Å². The van der Waals surface area contributed by atoms with Gasteiger partial charge in [0.15, 0.2) is 11.5 Å². The van der Waals surface area contributed by atoms with E-state index in [2.05, 4.69) is 21.9 Å². The number of piperazine rings is 1. The molecule has 0 aliphatic carbocycles. The normalized spacial score (nSPS) is 14.6. The second-order valence-corrected chi connectivity index (χ2v) is 6.81. The molecule has 1 aliphatic rings. The quantitative estimate of drug-likeness (QED) is 0.695. The molecule has 152 valence electrons. The number of nitrogens with zero attached hydrogens (tertiary/aromatic N) is 2. The Bertz CT molecular complexity index is 748. The molecule has 1 heterocycles. The number of anilines is 1. The number of ether oxygens (including phenoxy) is 4. The molecule has 6 nitrogen and oxygen atoms in total. The minimum Gasteiger partial charge on any atom is -0.497 e. The minimum absolute atomic E-state index is 0.639. The van der Waals surface area contributed by atoms with Crippen molar-refractivity contribution in [3.63, 3.8) is 0 Å². The van der Waals surface area contributed by atoms with Gasteiger partial charge < -0.3 is 23.8 Å². The number of hydrogen-bond donors (Lipinski definition) is 0. The van der Waals surface area contributed by atoms with Crippen molar-refractivity contribution in [1.29, 1.82) is 0 Å². The minimum atomic E-state index is 0.639. The molecule has 0 unspecified atom stereocenters. The average molecular weight is 386 g/mol. The summed E-state index contributed by atoms with van der Waals surface area (Å²) >= 11 is 0. The maximum absolute atomic E-state index is 5.46. The first-order valence-electron chi connectivity index (χ1n) is 9.58. The van der Waals surface area contributed by atoms with Gasteiger partial charge >= 0.3 is 0 Å². The van der Waals surface area contributed by atoms with E-state index in [9.17, 15) is 0 Å². The second-order valence-electron chi connectivity index (χ2n) is 6.81. The fourth-order valence-corrected chi connectivity index (χ4v) is 3.60. The van der Waals surface area contributed by atoms with Gasteiger partial charge in [-0.3, -0.25) is 4.90 Å². The molecule has 3 rings (SSSR count). The van der Waals surface area contributed by atoms with Crippen LogP contribution in [0.4, 0.5) is 5.69 Å². The maximum Gasteiger partial charge on any atom is 0.203 e. The molecule has 0 aromatic heterocycles. The van der Waals surface area contributed by atoms with Gasteiger partial charge in [-0.25, -0.2) is 0 Å². The summed E-state index contributed by atoms with van der Waals surface area (Å²) < 4.78 is 21.7. The zero-order chi connectivity index (χ0) is 19.9. The van der Waals surface area contributed by atoms with Crippen molar-refractivity contribution in [1.82, 2.24) is 4.90 Å². The molecule has 1 fully saturated rings. The summed E-state index contributed by atoms with van der Waals surface area (Å²) in [6.07, 6.45) is 0.940. The van der Waals surface area contributed by atoms with Gasteiger partial charge in [-0.1, -0.05) is 6.07 Å². The first-order valence-corrected chi connectivity index (χ1v) is 9.58. The number of hydrogen-bond acceptors (Lipinski definition) is 6. The predicted molar refractivity (Wildman–Crippen MR) is 111 cm³/mol. The molecule has 0 amide bonds. The van der Waals surface area contributed by atoms with Gasteiger partial charge in [-0.2, -0.15) is 0 Å². The van der Waals surface area contributed by atoms with Gasteiger partial charge in [-0.15, -0.1) is 0 Å². The summed E-state index contributed by atoms with van der Waals surface area (Å²) in [5, 5.41) is 0. The van der Waals surface area contributed by atoms with Crippen LogP contribution in [0.15, 0.2) is 36.4 Å². The fourth-order valence-electron chi connectivity index (χ4n) is 3.60. The van der Waals surface area contributed by atoms with Gasteiger partial charge in [0.05, 0.1) is 28.4 Å². The fraction of sp³-hybridized carbons (Fsp3) is 0.455. The first-order chi connectivity index (χ1) is 13.7. The van der Waals surface area contributed by atoms with Crippen LogP contribution in [0.25, 0.3) is 0 Å². The Morgan fingerprint density at radius 1 is 0.786 bits per heavy atom. The lowest BCUT2D eigenvalue weighted by atomic mass is 10.1. The largest absolute Gasteiger partial charge is 0.497 e. The second kappa shape index (κ2) is 9.55. The Hall–Kier alpha value is -2.60. The summed E-state index contributed by atoms with van der Waals surface area (Å²) in [7, 11) is 6.64. The highest BCUT2D eigenvalue weighted by atomic mass is 16.5. The number of benzene rings is 2. The van der Waals surface area contributed by atoms with Crippen LogP contribution in [0.3, 0.4) is 0 Å². The summed E-state index contributed by atoms with van der Waals surface area (Å²) in [5.74, 6) is 2.96. The predicted octanol–water partition coefficient (Wildman–Crippen LogP) is 3.09. The molecule has 0 N–H and O–H groups in total. The van der Waals surface area contributed by atoms with E-state index in [4.69, 9.17) is 18.9 Å². The van der Waals surface area contributed by atoms with Gasteiger partial charge in [0.25, 0.3) is 0 Å². The molecule has 1 saturated heterocycles. The summed E-state index contributed by atoms with van der Waals surface area (Å²) in [6, 6.07) is 12.4. The molecule has 1 aliphatic heterocycles. The topological polar surface area (TPSA) is 43.4 Å². The molecule has 2 aromatic carbocycles. The zero-order valence-electron chi connectivity index (χ0n) is 17.2. The van der Waals surface area contributed by atoms with Gasteiger partial charge in [0.1, 0.15) is 5.75 Å². The highest BCUT2D eigenvalue weighted by molar-refractivity contribution is 5.54. The van der Waals surface area contributed by atoms with Gasteiger partial charge in [0.2, 0.25) is 5.75 Å². The monoisotopic (exact) mass is 386 g/mol. The van der Waals surface area contributed by atoms with Crippen LogP contribution < -0.4 is 23.8 Å². The van der Waals surface area contributed by atoms with E-state index in [-0.39, 0.29) is 0 Å². The highest BCUT2D eigenvalue weighted by Gasteiger charge is 2.18. The van der Waals surface area contributed by atoms with E-state index in [0.29, 0.717) is 17.2 Å². The van der Waals surface area contributed by atoms with Crippen molar-refractivity contribution < 1.29 is 18.9 Å². The van der Waals surface area contributed by atoms with Crippen molar-refractivity contribution in [2.45, 2.75) is 6.42 Å². The third-order valence-electron chi connectivity index (χ3n) is 5.23. The Balaban J connectivity index is 1.57. The zero-order valence-corrected chi connectivity index (χ0v) is 17.2. The maximum atomic E-state index is 5.46. The lowest BCUT2D eigenvalue weighted by Gasteiger charge is -2.36.